The normalized spacial score (nSPS) is 10.4. The highest BCUT2D eigenvalue weighted by Gasteiger charge is 2.12. The summed E-state index contributed by atoms with van der Waals surface area (Å²) in [6.07, 6.45) is 0. The first kappa shape index (κ1) is 12.4. The van der Waals surface area contributed by atoms with E-state index in [1.807, 2.05) is 36.2 Å². The van der Waals surface area contributed by atoms with Crippen LogP contribution < -0.4 is 15.4 Å². The highest BCUT2D eigenvalue weighted by atomic mass is 16.5. The Balaban J connectivity index is 2.13. The average molecular weight is 248 g/mol. The summed E-state index contributed by atoms with van der Waals surface area (Å²) >= 11 is 0. The number of benzene rings is 1. The SMILES string of the molecule is COc1ccccc1CN(C)c1nnc(CN)o1. The number of nitrogens with zero attached hydrogens (tertiary/aromatic N) is 3. The van der Waals surface area contributed by atoms with Crippen LogP contribution in [0.25, 0.3) is 0 Å². The summed E-state index contributed by atoms with van der Waals surface area (Å²) in [7, 11) is 3.53. The van der Waals surface area contributed by atoms with Crippen LogP contribution in [0.4, 0.5) is 6.01 Å². The van der Waals surface area contributed by atoms with Gasteiger partial charge < -0.3 is 19.8 Å². The molecule has 6 nitrogen and oxygen atoms in total. The fourth-order valence-corrected chi connectivity index (χ4v) is 1.64. The number of ether oxygens (including phenoxy) is 1. The van der Waals surface area contributed by atoms with Crippen LogP contribution in [0.5, 0.6) is 5.75 Å². The van der Waals surface area contributed by atoms with Crippen molar-refractivity contribution in [3.8, 4) is 5.75 Å². The lowest BCUT2D eigenvalue weighted by Crippen LogP contribution is -2.17. The van der Waals surface area contributed by atoms with E-state index in [1.54, 1.807) is 7.11 Å². The van der Waals surface area contributed by atoms with E-state index in [1.165, 1.54) is 0 Å². The van der Waals surface area contributed by atoms with Crippen LogP contribution in [-0.4, -0.2) is 24.4 Å². The molecule has 0 bridgehead atoms. The summed E-state index contributed by atoms with van der Waals surface area (Å²) in [5.74, 6) is 1.26. The molecule has 6 heteroatoms. The van der Waals surface area contributed by atoms with E-state index in [-0.39, 0.29) is 6.54 Å². The smallest absolute Gasteiger partial charge is 0.318 e. The second kappa shape index (κ2) is 5.50. The fourth-order valence-electron chi connectivity index (χ4n) is 1.64. The number of para-hydroxylation sites is 1. The molecule has 0 atom stereocenters. The Morgan fingerprint density at radius 2 is 2.11 bits per heavy atom. The Morgan fingerprint density at radius 3 is 2.78 bits per heavy atom. The first-order chi connectivity index (χ1) is 8.74. The lowest BCUT2D eigenvalue weighted by Gasteiger charge is -2.15. The zero-order valence-electron chi connectivity index (χ0n) is 10.5. The summed E-state index contributed by atoms with van der Waals surface area (Å²) in [4.78, 5) is 1.85. The highest BCUT2D eigenvalue weighted by Crippen LogP contribution is 2.21. The fraction of sp³-hybridized carbons (Fsp3) is 0.333. The van der Waals surface area contributed by atoms with Crippen LogP contribution in [0.3, 0.4) is 0 Å². The van der Waals surface area contributed by atoms with E-state index in [4.69, 9.17) is 14.9 Å². The van der Waals surface area contributed by atoms with Crippen molar-refractivity contribution in [2.45, 2.75) is 13.1 Å². The van der Waals surface area contributed by atoms with Crippen LogP contribution in [0.15, 0.2) is 28.7 Å². The van der Waals surface area contributed by atoms with Crippen LogP contribution in [-0.2, 0) is 13.1 Å². The molecule has 0 saturated heterocycles. The molecule has 18 heavy (non-hydrogen) atoms. The minimum absolute atomic E-state index is 0.246. The number of methoxy groups -OCH3 is 1. The zero-order chi connectivity index (χ0) is 13.0. The summed E-state index contributed by atoms with van der Waals surface area (Å²) in [6.45, 7) is 0.867. The molecule has 0 radical (unpaired) electrons. The predicted octanol–water partition coefficient (Wildman–Crippen LogP) is 1.17. The minimum Gasteiger partial charge on any atom is -0.496 e. The van der Waals surface area contributed by atoms with Crippen molar-refractivity contribution in [1.82, 2.24) is 10.2 Å². The monoisotopic (exact) mass is 248 g/mol. The Bertz CT molecular complexity index is 512. The van der Waals surface area contributed by atoms with Crippen molar-refractivity contribution in [3.63, 3.8) is 0 Å². The average Bonchev–Trinajstić information content (AvgIpc) is 2.88. The molecule has 0 aliphatic rings. The molecule has 96 valence electrons. The lowest BCUT2D eigenvalue weighted by molar-refractivity contribution is 0.408. The molecule has 1 heterocycles. The van der Waals surface area contributed by atoms with Gasteiger partial charge in [-0.05, 0) is 6.07 Å². The van der Waals surface area contributed by atoms with E-state index in [2.05, 4.69) is 10.2 Å². The quantitative estimate of drug-likeness (QED) is 0.856. The molecular formula is C12H16N4O2. The third-order valence-electron chi connectivity index (χ3n) is 2.56. The van der Waals surface area contributed by atoms with Gasteiger partial charge in [-0.1, -0.05) is 23.3 Å². The lowest BCUT2D eigenvalue weighted by atomic mass is 10.2. The van der Waals surface area contributed by atoms with Gasteiger partial charge in [-0.25, -0.2) is 0 Å². The molecule has 0 fully saturated rings. The molecule has 1 aromatic carbocycles. The second-order valence-electron chi connectivity index (χ2n) is 3.85. The predicted molar refractivity (Wildman–Crippen MR) is 67.3 cm³/mol. The van der Waals surface area contributed by atoms with E-state index in [0.717, 1.165) is 11.3 Å². The maximum absolute atomic E-state index is 5.43. The molecule has 0 spiro atoms. The summed E-state index contributed by atoms with van der Waals surface area (Å²) < 4.78 is 10.7. The third kappa shape index (κ3) is 2.60. The first-order valence-electron chi connectivity index (χ1n) is 5.60. The molecule has 0 aliphatic heterocycles. The maximum Gasteiger partial charge on any atom is 0.318 e. The topological polar surface area (TPSA) is 77.4 Å². The standard InChI is InChI=1S/C12H16N4O2/c1-16(12-15-14-11(7-13)18-12)8-9-5-3-4-6-10(9)17-2/h3-6H,7-8,13H2,1-2H3. The van der Waals surface area contributed by atoms with Crippen LogP contribution in [0.1, 0.15) is 11.5 Å². The Kier molecular flexibility index (Phi) is 3.78. The summed E-state index contributed by atoms with van der Waals surface area (Å²) in [5.41, 5.74) is 6.48. The molecular weight excluding hydrogens is 232 g/mol. The number of hydrogen-bond donors (Lipinski definition) is 1. The van der Waals surface area contributed by atoms with Crippen molar-refractivity contribution in [2.75, 3.05) is 19.1 Å². The molecule has 2 aromatic rings. The van der Waals surface area contributed by atoms with Crippen molar-refractivity contribution < 1.29 is 9.15 Å². The van der Waals surface area contributed by atoms with Gasteiger partial charge in [0.05, 0.1) is 20.2 Å². The number of nitrogens with two attached hydrogens (primary N) is 1. The molecule has 0 amide bonds. The second-order valence-corrected chi connectivity index (χ2v) is 3.85. The molecule has 2 rings (SSSR count). The number of rotatable bonds is 5. The Hall–Kier alpha value is -2.08. The van der Waals surface area contributed by atoms with Gasteiger partial charge in [-0.2, -0.15) is 0 Å². The minimum atomic E-state index is 0.246. The largest absolute Gasteiger partial charge is 0.496 e. The Labute approximate surface area is 105 Å². The molecule has 0 saturated carbocycles. The van der Waals surface area contributed by atoms with Crippen molar-refractivity contribution in [2.24, 2.45) is 5.73 Å². The van der Waals surface area contributed by atoms with E-state index < -0.39 is 0 Å². The van der Waals surface area contributed by atoms with Gasteiger partial charge in [0, 0.05) is 12.6 Å². The molecule has 0 unspecified atom stereocenters. The molecule has 0 aliphatic carbocycles. The van der Waals surface area contributed by atoms with Crippen LogP contribution in [0.2, 0.25) is 0 Å². The maximum atomic E-state index is 5.43. The van der Waals surface area contributed by atoms with Gasteiger partial charge in [-0.3, -0.25) is 0 Å². The summed E-state index contributed by atoms with van der Waals surface area (Å²) in [6, 6.07) is 8.26. The number of anilines is 1. The third-order valence-corrected chi connectivity index (χ3v) is 2.56. The van der Waals surface area contributed by atoms with Gasteiger partial charge in [0.2, 0.25) is 5.89 Å². The van der Waals surface area contributed by atoms with Crippen LogP contribution >= 0.6 is 0 Å². The zero-order valence-corrected chi connectivity index (χ0v) is 10.5. The number of hydrogen-bond acceptors (Lipinski definition) is 6. The first-order valence-corrected chi connectivity index (χ1v) is 5.60. The van der Waals surface area contributed by atoms with Crippen molar-refractivity contribution >= 4 is 6.01 Å². The molecule has 2 N–H and O–H groups in total. The van der Waals surface area contributed by atoms with E-state index >= 15 is 0 Å². The van der Waals surface area contributed by atoms with Crippen molar-refractivity contribution in [3.05, 3.63) is 35.7 Å². The number of aromatic nitrogens is 2. The van der Waals surface area contributed by atoms with E-state index in [9.17, 15) is 0 Å². The van der Waals surface area contributed by atoms with E-state index in [0.29, 0.717) is 18.5 Å². The molecule has 1 aromatic heterocycles. The Morgan fingerprint density at radius 1 is 1.33 bits per heavy atom. The van der Waals surface area contributed by atoms with Gasteiger partial charge >= 0.3 is 6.01 Å². The van der Waals surface area contributed by atoms with Crippen molar-refractivity contribution in [1.29, 1.82) is 0 Å². The van der Waals surface area contributed by atoms with Gasteiger partial charge in [0.15, 0.2) is 0 Å². The van der Waals surface area contributed by atoms with Gasteiger partial charge in [-0.15, -0.1) is 5.10 Å². The van der Waals surface area contributed by atoms with Gasteiger partial charge in [0.1, 0.15) is 5.75 Å². The van der Waals surface area contributed by atoms with Gasteiger partial charge in [0.25, 0.3) is 0 Å². The van der Waals surface area contributed by atoms with Crippen LogP contribution in [0, 0.1) is 0 Å². The summed E-state index contributed by atoms with van der Waals surface area (Å²) in [5, 5.41) is 7.75. The highest BCUT2D eigenvalue weighted by molar-refractivity contribution is 5.37.